The van der Waals surface area contributed by atoms with E-state index in [1.54, 1.807) is 18.3 Å². The number of nitrogens with zero attached hydrogens (tertiary/aromatic N) is 1. The predicted molar refractivity (Wildman–Crippen MR) is 80.3 cm³/mol. The molecule has 0 bridgehead atoms. The lowest BCUT2D eigenvalue weighted by molar-refractivity contribution is 0.939. The zero-order valence-corrected chi connectivity index (χ0v) is 11.8. The van der Waals surface area contributed by atoms with Gasteiger partial charge in [-0.2, -0.15) is 0 Å². The molecule has 94 valence electrons. The Bertz CT molecular complexity index is 623. The van der Waals surface area contributed by atoms with Crippen LogP contribution in [0.15, 0.2) is 24.9 Å². The van der Waals surface area contributed by atoms with E-state index in [4.69, 9.17) is 23.2 Å². The smallest absolute Gasteiger partial charge is 0.0773 e. The van der Waals surface area contributed by atoms with Crippen molar-refractivity contribution in [1.82, 2.24) is 9.71 Å². The van der Waals surface area contributed by atoms with Crippen LogP contribution in [0.2, 0.25) is 10.0 Å². The average molecular weight is 300 g/mol. The Morgan fingerprint density at radius 3 is 3.06 bits per heavy atom. The molecule has 2 N–H and O–H groups in total. The van der Waals surface area contributed by atoms with Gasteiger partial charge in [0, 0.05) is 36.8 Å². The van der Waals surface area contributed by atoms with Crippen molar-refractivity contribution < 1.29 is 0 Å². The second-order valence-corrected chi connectivity index (χ2v) is 5.74. The third kappa shape index (κ3) is 1.80. The van der Waals surface area contributed by atoms with E-state index >= 15 is 0 Å². The molecule has 0 spiro atoms. The van der Waals surface area contributed by atoms with Crippen LogP contribution in [-0.4, -0.2) is 11.5 Å². The van der Waals surface area contributed by atoms with Crippen LogP contribution in [-0.2, 0) is 6.54 Å². The monoisotopic (exact) mass is 299 g/mol. The molecule has 3 nitrogen and oxygen atoms in total. The fourth-order valence-corrected chi connectivity index (χ4v) is 3.66. The standard InChI is InChI=1S/C12H11Cl2N3S/c1-2-3-17-12-7(5-16-18-17)4-8(13)10-9(14)6-15-11(10)12/h2,4,6,15-16H,1,3,5H2. The van der Waals surface area contributed by atoms with Crippen LogP contribution in [0.3, 0.4) is 0 Å². The largest absolute Gasteiger partial charge is 0.358 e. The molecule has 1 aromatic heterocycles. The summed E-state index contributed by atoms with van der Waals surface area (Å²) in [5, 5.41) is 2.22. The second kappa shape index (κ2) is 4.70. The van der Waals surface area contributed by atoms with Crippen molar-refractivity contribution in [2.75, 3.05) is 10.8 Å². The van der Waals surface area contributed by atoms with Gasteiger partial charge >= 0.3 is 0 Å². The molecule has 1 aliphatic heterocycles. The average Bonchev–Trinajstić information content (AvgIpc) is 2.73. The molecule has 1 aliphatic rings. The van der Waals surface area contributed by atoms with Crippen LogP contribution >= 0.6 is 35.3 Å². The summed E-state index contributed by atoms with van der Waals surface area (Å²) in [4.78, 5) is 3.21. The first-order chi connectivity index (χ1) is 8.72. The van der Waals surface area contributed by atoms with Crippen molar-refractivity contribution in [1.29, 1.82) is 0 Å². The molecule has 0 radical (unpaired) electrons. The van der Waals surface area contributed by atoms with Crippen molar-refractivity contribution in [3.05, 3.63) is 40.5 Å². The first kappa shape index (κ1) is 12.2. The number of H-pyrrole nitrogens is 1. The molecule has 0 unspecified atom stereocenters. The van der Waals surface area contributed by atoms with Gasteiger partial charge in [-0.05, 0) is 11.6 Å². The quantitative estimate of drug-likeness (QED) is 0.646. The van der Waals surface area contributed by atoms with Crippen LogP contribution in [0, 0.1) is 0 Å². The highest BCUT2D eigenvalue weighted by atomic mass is 35.5. The van der Waals surface area contributed by atoms with Crippen molar-refractivity contribution in [3.63, 3.8) is 0 Å². The zero-order chi connectivity index (χ0) is 12.7. The highest BCUT2D eigenvalue weighted by Crippen LogP contribution is 2.42. The van der Waals surface area contributed by atoms with E-state index in [-0.39, 0.29) is 0 Å². The highest BCUT2D eigenvalue weighted by Gasteiger charge is 2.23. The van der Waals surface area contributed by atoms with Crippen LogP contribution in [0.1, 0.15) is 5.56 Å². The molecular weight excluding hydrogens is 289 g/mol. The molecule has 18 heavy (non-hydrogen) atoms. The van der Waals surface area contributed by atoms with Crippen LogP contribution < -0.4 is 9.03 Å². The van der Waals surface area contributed by atoms with Gasteiger partial charge in [0.05, 0.1) is 21.2 Å². The number of aromatic nitrogens is 1. The summed E-state index contributed by atoms with van der Waals surface area (Å²) in [5.74, 6) is 0. The Morgan fingerprint density at radius 1 is 1.44 bits per heavy atom. The lowest BCUT2D eigenvalue weighted by atomic mass is 10.1. The fraction of sp³-hybridized carbons (Fsp3) is 0.167. The summed E-state index contributed by atoms with van der Waals surface area (Å²) in [7, 11) is 0. The van der Waals surface area contributed by atoms with Gasteiger partial charge in [-0.3, -0.25) is 4.31 Å². The lowest BCUT2D eigenvalue weighted by Crippen LogP contribution is -2.27. The fourth-order valence-electron chi connectivity index (χ4n) is 2.17. The van der Waals surface area contributed by atoms with Gasteiger partial charge in [0.1, 0.15) is 0 Å². The number of nitrogens with one attached hydrogen (secondary N) is 2. The van der Waals surface area contributed by atoms with Crippen LogP contribution in [0.25, 0.3) is 10.9 Å². The van der Waals surface area contributed by atoms with Gasteiger partial charge < -0.3 is 4.98 Å². The molecule has 0 fully saturated rings. The summed E-state index contributed by atoms with van der Waals surface area (Å²) < 4.78 is 5.40. The maximum atomic E-state index is 6.29. The minimum Gasteiger partial charge on any atom is -0.358 e. The van der Waals surface area contributed by atoms with Gasteiger partial charge in [0.15, 0.2) is 0 Å². The van der Waals surface area contributed by atoms with E-state index in [0.717, 1.165) is 35.2 Å². The summed E-state index contributed by atoms with van der Waals surface area (Å²) in [6.07, 6.45) is 3.64. The molecule has 2 aromatic rings. The Morgan fingerprint density at radius 2 is 2.28 bits per heavy atom. The number of aromatic amines is 1. The van der Waals surface area contributed by atoms with Gasteiger partial charge in [0.2, 0.25) is 0 Å². The minimum atomic E-state index is 0.653. The van der Waals surface area contributed by atoms with Crippen molar-refractivity contribution in [3.8, 4) is 0 Å². The first-order valence-electron chi connectivity index (χ1n) is 5.48. The Hall–Kier alpha value is -0.810. The SMILES string of the molecule is C=CCN1SNCc2cc(Cl)c3c(Cl)c[nH]c3c21. The Balaban J connectivity index is 2.29. The maximum Gasteiger partial charge on any atom is 0.0773 e. The number of anilines is 1. The molecule has 0 saturated heterocycles. The van der Waals surface area contributed by atoms with Crippen LogP contribution in [0.5, 0.6) is 0 Å². The normalized spacial score (nSPS) is 14.9. The lowest BCUT2D eigenvalue weighted by Gasteiger charge is -2.29. The number of rotatable bonds is 2. The molecule has 2 heterocycles. The van der Waals surface area contributed by atoms with Gasteiger partial charge in [-0.1, -0.05) is 29.3 Å². The predicted octanol–water partition coefficient (Wildman–Crippen LogP) is 4.13. The summed E-state index contributed by atoms with van der Waals surface area (Å²) in [6, 6.07) is 1.97. The van der Waals surface area contributed by atoms with Crippen molar-refractivity contribution in [2.24, 2.45) is 0 Å². The van der Waals surface area contributed by atoms with E-state index in [9.17, 15) is 0 Å². The summed E-state index contributed by atoms with van der Waals surface area (Å²) >= 11 is 14.0. The zero-order valence-electron chi connectivity index (χ0n) is 9.46. The van der Waals surface area contributed by atoms with E-state index in [0.29, 0.717) is 10.0 Å². The van der Waals surface area contributed by atoms with E-state index in [2.05, 4.69) is 20.6 Å². The third-order valence-corrected chi connectivity index (χ3v) is 4.32. The van der Waals surface area contributed by atoms with Gasteiger partial charge in [-0.25, -0.2) is 4.72 Å². The number of halogens is 2. The maximum absolute atomic E-state index is 6.29. The van der Waals surface area contributed by atoms with E-state index in [1.807, 2.05) is 12.1 Å². The van der Waals surface area contributed by atoms with Crippen molar-refractivity contribution >= 4 is 51.9 Å². The number of hydrogen-bond donors (Lipinski definition) is 2. The minimum absolute atomic E-state index is 0.653. The molecule has 1 aromatic carbocycles. The highest BCUT2D eigenvalue weighted by molar-refractivity contribution is 7.98. The van der Waals surface area contributed by atoms with Crippen molar-refractivity contribution in [2.45, 2.75) is 6.54 Å². The summed E-state index contributed by atoms with van der Waals surface area (Å²) in [5.41, 5.74) is 3.27. The van der Waals surface area contributed by atoms with Gasteiger partial charge in [-0.15, -0.1) is 6.58 Å². The Labute approximate surface area is 119 Å². The van der Waals surface area contributed by atoms with Gasteiger partial charge in [0.25, 0.3) is 0 Å². The molecule has 0 amide bonds. The molecule has 6 heteroatoms. The number of fused-ring (bicyclic) bond motifs is 3. The van der Waals surface area contributed by atoms with E-state index < -0.39 is 0 Å². The molecule has 0 atom stereocenters. The summed E-state index contributed by atoms with van der Waals surface area (Å²) in [6.45, 7) is 5.31. The molecule has 3 rings (SSSR count). The second-order valence-electron chi connectivity index (χ2n) is 4.01. The van der Waals surface area contributed by atoms with Crippen LogP contribution in [0.4, 0.5) is 5.69 Å². The topological polar surface area (TPSA) is 31.1 Å². The van der Waals surface area contributed by atoms with E-state index in [1.165, 1.54) is 0 Å². The number of hydrogen-bond acceptors (Lipinski definition) is 3. The molecule has 0 saturated carbocycles. The Kier molecular flexibility index (Phi) is 3.20. The third-order valence-electron chi connectivity index (χ3n) is 2.89. The first-order valence-corrected chi connectivity index (χ1v) is 7.01. The number of benzene rings is 1. The molecule has 0 aliphatic carbocycles. The molecular formula is C12H11Cl2N3S.